The van der Waals surface area contributed by atoms with Crippen LogP contribution in [0, 0.1) is 5.92 Å². The van der Waals surface area contributed by atoms with Gasteiger partial charge in [0.1, 0.15) is 0 Å². The van der Waals surface area contributed by atoms with E-state index < -0.39 is 0 Å². The van der Waals surface area contributed by atoms with Crippen molar-refractivity contribution in [3.63, 3.8) is 0 Å². The number of rotatable bonds is 5. The van der Waals surface area contributed by atoms with Gasteiger partial charge in [0.25, 0.3) is 0 Å². The van der Waals surface area contributed by atoms with E-state index in [0.29, 0.717) is 5.92 Å². The molecule has 1 aliphatic carbocycles. The summed E-state index contributed by atoms with van der Waals surface area (Å²) in [6.07, 6.45) is 13.6. The molecule has 0 amide bonds. The standard InChI is InChI=1S/C21H25N/c1-4-10-16(3)15-17(5-2)22-20-13-8-6-11-18(20)19-12-7-9-14-21(19)22/h5-6,8-9,11,13-16H,2,4,7,10,12H2,1,3H3/b17-15+. The van der Waals surface area contributed by atoms with E-state index in [1.54, 1.807) is 0 Å². The Morgan fingerprint density at radius 2 is 2.18 bits per heavy atom. The SMILES string of the molecule is C=C/C(=C\C(C)CCC)n1c2c(c3ccccc31)CCC=C2. The number of allylic oxidation sites excluding steroid dienone is 4. The molecule has 3 rings (SSSR count). The Kier molecular flexibility index (Phi) is 4.33. The highest BCUT2D eigenvalue weighted by Crippen LogP contribution is 2.34. The number of aryl methyl sites for hydroxylation is 1. The van der Waals surface area contributed by atoms with E-state index in [9.17, 15) is 0 Å². The summed E-state index contributed by atoms with van der Waals surface area (Å²) in [7, 11) is 0. The maximum Gasteiger partial charge on any atom is 0.0537 e. The van der Waals surface area contributed by atoms with Crippen molar-refractivity contribution < 1.29 is 0 Å². The third kappa shape index (κ3) is 2.56. The van der Waals surface area contributed by atoms with Crippen LogP contribution in [0.1, 0.15) is 44.4 Å². The minimum absolute atomic E-state index is 0.572. The third-order valence-electron chi connectivity index (χ3n) is 4.52. The van der Waals surface area contributed by atoms with Crippen LogP contribution < -0.4 is 0 Å². The summed E-state index contributed by atoms with van der Waals surface area (Å²) in [6.45, 7) is 8.61. The molecule has 0 radical (unpaired) electrons. The molecule has 0 spiro atoms. The first-order valence-electron chi connectivity index (χ1n) is 8.39. The Labute approximate surface area is 133 Å². The van der Waals surface area contributed by atoms with Gasteiger partial charge in [-0.05, 0) is 49.0 Å². The molecule has 1 atom stereocenters. The van der Waals surface area contributed by atoms with Crippen LogP contribution in [0.4, 0.5) is 0 Å². The zero-order valence-electron chi connectivity index (χ0n) is 13.7. The van der Waals surface area contributed by atoms with Crippen LogP contribution in [0.2, 0.25) is 0 Å². The van der Waals surface area contributed by atoms with Crippen molar-refractivity contribution in [2.24, 2.45) is 5.92 Å². The minimum Gasteiger partial charge on any atom is -0.310 e. The van der Waals surface area contributed by atoms with Crippen molar-refractivity contribution in [2.75, 3.05) is 0 Å². The van der Waals surface area contributed by atoms with Gasteiger partial charge in [-0.1, -0.05) is 57.2 Å². The first-order chi connectivity index (χ1) is 10.8. The van der Waals surface area contributed by atoms with Gasteiger partial charge < -0.3 is 4.57 Å². The van der Waals surface area contributed by atoms with Crippen LogP contribution in [-0.2, 0) is 6.42 Å². The first kappa shape index (κ1) is 14.9. The fourth-order valence-corrected chi connectivity index (χ4v) is 3.53. The molecule has 1 heterocycles. The fourth-order valence-electron chi connectivity index (χ4n) is 3.53. The summed E-state index contributed by atoms with van der Waals surface area (Å²) in [5.41, 5.74) is 5.33. The number of aromatic nitrogens is 1. The average Bonchev–Trinajstić information content (AvgIpc) is 2.88. The molecular weight excluding hydrogens is 266 g/mol. The summed E-state index contributed by atoms with van der Waals surface area (Å²) < 4.78 is 2.39. The van der Waals surface area contributed by atoms with E-state index in [0.717, 1.165) is 12.8 Å². The largest absolute Gasteiger partial charge is 0.310 e. The highest BCUT2D eigenvalue weighted by molar-refractivity contribution is 5.92. The molecule has 1 unspecified atom stereocenters. The molecule has 114 valence electrons. The van der Waals surface area contributed by atoms with Gasteiger partial charge >= 0.3 is 0 Å². The van der Waals surface area contributed by atoms with Crippen LogP contribution in [0.3, 0.4) is 0 Å². The van der Waals surface area contributed by atoms with Gasteiger partial charge in [-0.15, -0.1) is 0 Å². The number of para-hydroxylation sites is 1. The molecule has 0 N–H and O–H groups in total. The van der Waals surface area contributed by atoms with E-state index in [2.05, 4.69) is 67.5 Å². The molecule has 1 nitrogen and oxygen atoms in total. The number of hydrogen-bond donors (Lipinski definition) is 0. The van der Waals surface area contributed by atoms with Gasteiger partial charge in [0.05, 0.1) is 5.52 Å². The predicted molar refractivity (Wildman–Crippen MR) is 97.8 cm³/mol. The highest BCUT2D eigenvalue weighted by Gasteiger charge is 2.18. The van der Waals surface area contributed by atoms with Crippen LogP contribution >= 0.6 is 0 Å². The van der Waals surface area contributed by atoms with Gasteiger partial charge in [0.15, 0.2) is 0 Å². The predicted octanol–water partition coefficient (Wildman–Crippen LogP) is 6.06. The summed E-state index contributed by atoms with van der Waals surface area (Å²) in [4.78, 5) is 0. The van der Waals surface area contributed by atoms with Gasteiger partial charge in [-0.3, -0.25) is 0 Å². The second kappa shape index (κ2) is 6.39. The molecule has 1 aromatic heterocycles. The van der Waals surface area contributed by atoms with Gasteiger partial charge in [-0.2, -0.15) is 0 Å². The van der Waals surface area contributed by atoms with Crippen molar-refractivity contribution >= 4 is 22.7 Å². The molecule has 22 heavy (non-hydrogen) atoms. The van der Waals surface area contributed by atoms with E-state index in [-0.39, 0.29) is 0 Å². The molecule has 1 heteroatoms. The summed E-state index contributed by atoms with van der Waals surface area (Å²) in [5.74, 6) is 0.572. The smallest absolute Gasteiger partial charge is 0.0537 e. The number of benzene rings is 1. The Bertz CT molecular complexity index is 743. The lowest BCUT2D eigenvalue weighted by molar-refractivity contribution is 0.633. The quantitative estimate of drug-likeness (QED) is 0.590. The summed E-state index contributed by atoms with van der Waals surface area (Å²) >= 11 is 0. The molecular formula is C21H25N. The Balaban J connectivity index is 2.21. The maximum atomic E-state index is 4.07. The maximum absolute atomic E-state index is 4.07. The van der Waals surface area contributed by atoms with Crippen molar-refractivity contribution in [2.45, 2.75) is 39.5 Å². The molecule has 1 aliphatic rings. The van der Waals surface area contributed by atoms with Gasteiger partial charge in [0, 0.05) is 16.8 Å². The third-order valence-corrected chi connectivity index (χ3v) is 4.52. The van der Waals surface area contributed by atoms with Crippen LogP contribution in [0.15, 0.2) is 49.1 Å². The fraction of sp³-hybridized carbons (Fsp3) is 0.333. The molecule has 0 saturated carbocycles. The molecule has 0 fully saturated rings. The Morgan fingerprint density at radius 1 is 1.36 bits per heavy atom. The van der Waals surface area contributed by atoms with Gasteiger partial charge in [-0.25, -0.2) is 0 Å². The van der Waals surface area contributed by atoms with Crippen molar-refractivity contribution in [1.29, 1.82) is 0 Å². The lowest BCUT2D eigenvalue weighted by atomic mass is 10.0. The zero-order valence-corrected chi connectivity index (χ0v) is 13.7. The normalized spacial score (nSPS) is 15.8. The van der Waals surface area contributed by atoms with Crippen molar-refractivity contribution in [3.8, 4) is 0 Å². The first-order valence-corrected chi connectivity index (χ1v) is 8.39. The summed E-state index contributed by atoms with van der Waals surface area (Å²) in [6, 6.07) is 8.75. The van der Waals surface area contributed by atoms with E-state index in [1.807, 2.05) is 6.08 Å². The summed E-state index contributed by atoms with van der Waals surface area (Å²) in [5, 5.41) is 1.39. The molecule has 1 aromatic carbocycles. The topological polar surface area (TPSA) is 4.93 Å². The second-order valence-corrected chi connectivity index (χ2v) is 6.22. The number of nitrogens with zero attached hydrogens (tertiary/aromatic N) is 1. The second-order valence-electron chi connectivity index (χ2n) is 6.22. The Morgan fingerprint density at radius 3 is 2.95 bits per heavy atom. The minimum atomic E-state index is 0.572. The van der Waals surface area contributed by atoms with Crippen LogP contribution in [0.5, 0.6) is 0 Å². The van der Waals surface area contributed by atoms with E-state index >= 15 is 0 Å². The van der Waals surface area contributed by atoms with Crippen LogP contribution in [0.25, 0.3) is 22.7 Å². The van der Waals surface area contributed by atoms with E-state index in [1.165, 1.54) is 40.7 Å². The molecule has 0 saturated heterocycles. The van der Waals surface area contributed by atoms with Crippen LogP contribution in [-0.4, -0.2) is 4.57 Å². The zero-order chi connectivity index (χ0) is 15.5. The molecule has 0 aliphatic heterocycles. The lowest BCUT2D eigenvalue weighted by Crippen LogP contribution is -2.02. The van der Waals surface area contributed by atoms with Gasteiger partial charge in [0.2, 0.25) is 0 Å². The molecule has 2 aromatic rings. The van der Waals surface area contributed by atoms with Crippen molar-refractivity contribution in [3.05, 3.63) is 60.3 Å². The number of fused-ring (bicyclic) bond motifs is 3. The van der Waals surface area contributed by atoms with Crippen molar-refractivity contribution in [1.82, 2.24) is 4.57 Å². The number of hydrogen-bond acceptors (Lipinski definition) is 0. The highest BCUT2D eigenvalue weighted by atomic mass is 15.0. The Hall–Kier alpha value is -2.02. The average molecular weight is 291 g/mol. The van der Waals surface area contributed by atoms with E-state index in [4.69, 9.17) is 0 Å². The lowest BCUT2D eigenvalue weighted by Gasteiger charge is -2.15. The monoisotopic (exact) mass is 291 g/mol. The molecule has 0 bridgehead atoms.